The molecule has 0 saturated heterocycles. The van der Waals surface area contributed by atoms with Crippen LogP contribution in [0.15, 0.2) is 11.8 Å². The second-order valence-corrected chi connectivity index (χ2v) is 12.0. The summed E-state index contributed by atoms with van der Waals surface area (Å²) in [6, 6.07) is 0. The van der Waals surface area contributed by atoms with Gasteiger partial charge in [0.15, 0.2) is 8.32 Å². The van der Waals surface area contributed by atoms with Gasteiger partial charge in [0.1, 0.15) is 0 Å². The molecule has 1 aliphatic carbocycles. The fourth-order valence-electron chi connectivity index (χ4n) is 2.03. The van der Waals surface area contributed by atoms with Crippen LogP contribution in [-0.4, -0.2) is 21.5 Å². The third-order valence-corrected chi connectivity index (χ3v) is 4.30. The molecule has 2 nitrogen and oxygen atoms in total. The third kappa shape index (κ3) is 8.48. The van der Waals surface area contributed by atoms with Crippen LogP contribution in [0, 0.1) is 5.41 Å². The van der Waals surface area contributed by atoms with Crippen LogP contribution in [0.4, 0.5) is 0 Å². The van der Waals surface area contributed by atoms with Gasteiger partial charge in [-0.15, -0.1) is 0 Å². The molecule has 3 heteroatoms. The van der Waals surface area contributed by atoms with Crippen molar-refractivity contribution in [2.45, 2.75) is 72.0 Å². The van der Waals surface area contributed by atoms with Crippen LogP contribution in [0.5, 0.6) is 0 Å². The van der Waals surface area contributed by atoms with Crippen molar-refractivity contribution in [3.8, 4) is 0 Å². The Hall–Kier alpha value is -0.283. The monoisotopic (exact) mass is 284 g/mol. The highest BCUT2D eigenvalue weighted by Crippen LogP contribution is 2.23. The van der Waals surface area contributed by atoms with Gasteiger partial charge in [-0.05, 0) is 45.0 Å². The minimum absolute atomic E-state index is 0.101. The first-order chi connectivity index (χ1) is 8.79. The summed E-state index contributed by atoms with van der Waals surface area (Å²) in [5, 5.41) is 0. The standard InChI is InChI=1S/C16H32O2Si/c1-16(2,14-18-19(3,4)5)13-17-15-11-9-7-6-8-10-12-15/h11H,6-10,12-14H2,1-5H3/b15-11+. The molecule has 0 heterocycles. The maximum Gasteiger partial charge on any atom is 0.183 e. The summed E-state index contributed by atoms with van der Waals surface area (Å²) in [7, 11) is -1.42. The molecule has 0 aromatic carbocycles. The van der Waals surface area contributed by atoms with Crippen LogP contribution < -0.4 is 0 Å². The summed E-state index contributed by atoms with van der Waals surface area (Å²) < 4.78 is 12.1. The highest BCUT2D eigenvalue weighted by Gasteiger charge is 2.24. The summed E-state index contributed by atoms with van der Waals surface area (Å²) in [4.78, 5) is 0. The second kappa shape index (κ2) is 7.49. The van der Waals surface area contributed by atoms with E-state index in [1.807, 2.05) is 0 Å². The Balaban J connectivity index is 2.36. The van der Waals surface area contributed by atoms with E-state index in [9.17, 15) is 0 Å². The van der Waals surface area contributed by atoms with E-state index in [0.717, 1.165) is 19.6 Å². The molecule has 0 N–H and O–H groups in total. The van der Waals surface area contributed by atoms with Gasteiger partial charge < -0.3 is 9.16 Å². The lowest BCUT2D eigenvalue weighted by Gasteiger charge is -2.29. The van der Waals surface area contributed by atoms with Crippen LogP contribution in [0.3, 0.4) is 0 Å². The Bertz CT molecular complexity index is 290. The first-order valence-electron chi connectivity index (χ1n) is 7.74. The zero-order valence-corrected chi connectivity index (χ0v) is 14.6. The number of rotatable bonds is 6. The van der Waals surface area contributed by atoms with Crippen LogP contribution >= 0.6 is 0 Å². The van der Waals surface area contributed by atoms with Gasteiger partial charge in [-0.25, -0.2) is 0 Å². The minimum Gasteiger partial charge on any atom is -0.498 e. The summed E-state index contributed by atoms with van der Waals surface area (Å²) in [5.41, 5.74) is 0.101. The molecule has 1 rings (SSSR count). The quantitative estimate of drug-likeness (QED) is 0.630. The SMILES string of the molecule is CC(C)(CO/C1=C/CCCCCC1)CO[Si](C)(C)C. The van der Waals surface area contributed by atoms with Crippen molar-refractivity contribution in [3.63, 3.8) is 0 Å². The maximum absolute atomic E-state index is 6.05. The van der Waals surface area contributed by atoms with Crippen LogP contribution in [0.2, 0.25) is 19.6 Å². The fraction of sp³-hybridized carbons (Fsp3) is 0.875. The molecule has 0 unspecified atom stereocenters. The number of hydrogen-bond acceptors (Lipinski definition) is 2. The van der Waals surface area contributed by atoms with E-state index in [4.69, 9.17) is 9.16 Å². The molecule has 0 aromatic rings. The first-order valence-corrected chi connectivity index (χ1v) is 11.2. The molecule has 0 amide bonds. The summed E-state index contributed by atoms with van der Waals surface area (Å²) in [6.07, 6.45) is 9.91. The van der Waals surface area contributed by atoms with Gasteiger partial charge in [0.2, 0.25) is 0 Å². The Kier molecular flexibility index (Phi) is 6.61. The molecule has 0 radical (unpaired) electrons. The molecule has 0 bridgehead atoms. The van der Waals surface area contributed by atoms with E-state index in [1.165, 1.54) is 37.9 Å². The highest BCUT2D eigenvalue weighted by atomic mass is 28.4. The van der Waals surface area contributed by atoms with Crippen molar-refractivity contribution in [1.82, 2.24) is 0 Å². The lowest BCUT2D eigenvalue weighted by molar-refractivity contribution is 0.0647. The predicted molar refractivity (Wildman–Crippen MR) is 84.8 cm³/mol. The van der Waals surface area contributed by atoms with E-state index in [2.05, 4.69) is 39.6 Å². The lowest BCUT2D eigenvalue weighted by atomic mass is 9.96. The van der Waals surface area contributed by atoms with E-state index in [-0.39, 0.29) is 5.41 Å². The highest BCUT2D eigenvalue weighted by molar-refractivity contribution is 6.69. The molecule has 0 fully saturated rings. The summed E-state index contributed by atoms with van der Waals surface area (Å²) in [6.45, 7) is 12.7. The molecule has 0 saturated carbocycles. The first kappa shape index (κ1) is 16.8. The normalized spacial score (nSPS) is 21.2. The Morgan fingerprint density at radius 2 is 1.74 bits per heavy atom. The van der Waals surface area contributed by atoms with Crippen molar-refractivity contribution in [3.05, 3.63) is 11.8 Å². The topological polar surface area (TPSA) is 18.5 Å². The van der Waals surface area contributed by atoms with Crippen molar-refractivity contribution in [2.75, 3.05) is 13.2 Å². The number of hydrogen-bond donors (Lipinski definition) is 0. The molecule has 1 aliphatic rings. The van der Waals surface area contributed by atoms with Crippen molar-refractivity contribution < 1.29 is 9.16 Å². The van der Waals surface area contributed by atoms with Crippen LogP contribution in [-0.2, 0) is 9.16 Å². The van der Waals surface area contributed by atoms with Crippen molar-refractivity contribution in [1.29, 1.82) is 0 Å². The summed E-state index contributed by atoms with van der Waals surface area (Å²) >= 11 is 0. The lowest BCUT2D eigenvalue weighted by Crippen LogP contribution is -2.34. The predicted octanol–water partition coefficient (Wildman–Crippen LogP) is 5.12. The van der Waals surface area contributed by atoms with E-state index in [1.54, 1.807) is 0 Å². The maximum atomic E-state index is 6.05. The molecule has 0 aliphatic heterocycles. The Morgan fingerprint density at radius 3 is 2.42 bits per heavy atom. The number of ether oxygens (including phenoxy) is 1. The zero-order chi connectivity index (χ0) is 14.4. The minimum atomic E-state index is -1.42. The average molecular weight is 285 g/mol. The average Bonchev–Trinajstić information content (AvgIpc) is 2.24. The second-order valence-electron chi connectivity index (χ2n) is 7.48. The smallest absolute Gasteiger partial charge is 0.183 e. The van der Waals surface area contributed by atoms with Crippen molar-refractivity contribution in [2.24, 2.45) is 5.41 Å². The summed E-state index contributed by atoms with van der Waals surface area (Å²) in [5.74, 6) is 1.21. The molecular formula is C16H32O2Si. The van der Waals surface area contributed by atoms with E-state index < -0.39 is 8.32 Å². The molecule has 112 valence electrons. The third-order valence-electron chi connectivity index (χ3n) is 3.29. The molecule has 19 heavy (non-hydrogen) atoms. The molecule has 0 aromatic heterocycles. The largest absolute Gasteiger partial charge is 0.498 e. The van der Waals surface area contributed by atoms with Gasteiger partial charge in [0.05, 0.1) is 12.4 Å². The van der Waals surface area contributed by atoms with E-state index in [0.29, 0.717) is 0 Å². The van der Waals surface area contributed by atoms with Gasteiger partial charge in [0, 0.05) is 18.4 Å². The van der Waals surface area contributed by atoms with Gasteiger partial charge in [0.25, 0.3) is 0 Å². The Labute approximate surface area is 120 Å². The van der Waals surface area contributed by atoms with Crippen molar-refractivity contribution >= 4 is 8.32 Å². The molecular weight excluding hydrogens is 252 g/mol. The van der Waals surface area contributed by atoms with Crippen LogP contribution in [0.1, 0.15) is 52.4 Å². The van der Waals surface area contributed by atoms with Crippen LogP contribution in [0.25, 0.3) is 0 Å². The van der Waals surface area contributed by atoms with Gasteiger partial charge >= 0.3 is 0 Å². The number of allylic oxidation sites excluding steroid dienone is 2. The van der Waals surface area contributed by atoms with Gasteiger partial charge in [-0.2, -0.15) is 0 Å². The molecule has 0 spiro atoms. The Morgan fingerprint density at radius 1 is 1.05 bits per heavy atom. The van der Waals surface area contributed by atoms with Gasteiger partial charge in [-0.1, -0.05) is 26.7 Å². The zero-order valence-electron chi connectivity index (χ0n) is 13.6. The molecule has 0 atom stereocenters. The van der Waals surface area contributed by atoms with Gasteiger partial charge in [-0.3, -0.25) is 0 Å². The fourth-order valence-corrected chi connectivity index (χ4v) is 2.86. The van der Waals surface area contributed by atoms with E-state index >= 15 is 0 Å².